The lowest BCUT2D eigenvalue weighted by molar-refractivity contribution is 0.0988. The molecule has 0 aromatic carbocycles. The Labute approximate surface area is 95.6 Å². The molecule has 1 aromatic rings. The van der Waals surface area contributed by atoms with Crippen molar-refractivity contribution in [1.29, 1.82) is 0 Å². The fourth-order valence-corrected chi connectivity index (χ4v) is 4.07. The van der Waals surface area contributed by atoms with Gasteiger partial charge in [-0.2, -0.15) is 0 Å². The molecule has 0 bridgehead atoms. The van der Waals surface area contributed by atoms with Gasteiger partial charge in [0.05, 0.1) is 4.88 Å². The lowest BCUT2D eigenvalue weighted by atomic mass is 10.2. The predicted octanol–water partition coefficient (Wildman–Crippen LogP) is 2.53. The van der Waals surface area contributed by atoms with Crippen molar-refractivity contribution in [1.82, 2.24) is 0 Å². The van der Waals surface area contributed by atoms with E-state index in [0.29, 0.717) is 13.0 Å². The van der Waals surface area contributed by atoms with E-state index in [2.05, 4.69) is 15.9 Å². The standard InChI is InChI=1S/C10H12BrNOS/c11-9-6-2-1-3-8(6)14-10(9)7(13)4-5-12/h1-5,12H2. The Hall–Kier alpha value is -0.190. The van der Waals surface area contributed by atoms with E-state index >= 15 is 0 Å². The molecular weight excluding hydrogens is 262 g/mol. The molecule has 1 aromatic heterocycles. The van der Waals surface area contributed by atoms with Crippen LogP contribution in [-0.4, -0.2) is 12.3 Å². The summed E-state index contributed by atoms with van der Waals surface area (Å²) in [6.45, 7) is 0.438. The van der Waals surface area contributed by atoms with Crippen molar-refractivity contribution in [2.75, 3.05) is 6.54 Å². The number of rotatable bonds is 3. The van der Waals surface area contributed by atoms with Gasteiger partial charge >= 0.3 is 0 Å². The quantitative estimate of drug-likeness (QED) is 0.861. The van der Waals surface area contributed by atoms with Crippen molar-refractivity contribution in [2.45, 2.75) is 25.7 Å². The average molecular weight is 274 g/mol. The second-order valence-electron chi connectivity index (χ2n) is 3.46. The van der Waals surface area contributed by atoms with Crippen LogP contribution in [0.4, 0.5) is 0 Å². The van der Waals surface area contributed by atoms with Crippen LogP contribution in [0.2, 0.25) is 0 Å². The minimum absolute atomic E-state index is 0.179. The Morgan fingerprint density at radius 2 is 2.29 bits per heavy atom. The molecule has 1 heterocycles. The summed E-state index contributed by atoms with van der Waals surface area (Å²) >= 11 is 5.17. The van der Waals surface area contributed by atoms with Crippen LogP contribution in [-0.2, 0) is 12.8 Å². The number of hydrogen-bond acceptors (Lipinski definition) is 3. The highest BCUT2D eigenvalue weighted by atomic mass is 79.9. The van der Waals surface area contributed by atoms with E-state index in [0.717, 1.165) is 22.2 Å². The van der Waals surface area contributed by atoms with Crippen molar-refractivity contribution in [3.63, 3.8) is 0 Å². The SMILES string of the molecule is NCCC(=O)c1sc2c(c1Br)CCC2. The molecule has 4 heteroatoms. The van der Waals surface area contributed by atoms with Crippen molar-refractivity contribution in [2.24, 2.45) is 5.73 Å². The lowest BCUT2D eigenvalue weighted by Crippen LogP contribution is -2.07. The summed E-state index contributed by atoms with van der Waals surface area (Å²) in [6, 6.07) is 0. The Morgan fingerprint density at radius 1 is 1.50 bits per heavy atom. The number of hydrogen-bond donors (Lipinski definition) is 1. The lowest BCUT2D eigenvalue weighted by Gasteiger charge is -1.97. The van der Waals surface area contributed by atoms with Crippen LogP contribution in [0.15, 0.2) is 4.47 Å². The largest absolute Gasteiger partial charge is 0.330 e. The Bertz CT molecular complexity index is 372. The molecule has 0 saturated heterocycles. The molecular formula is C10H12BrNOS. The third kappa shape index (κ3) is 1.66. The summed E-state index contributed by atoms with van der Waals surface area (Å²) in [5.41, 5.74) is 6.73. The van der Waals surface area contributed by atoms with Crippen molar-refractivity contribution in [3.05, 3.63) is 19.8 Å². The van der Waals surface area contributed by atoms with Gasteiger partial charge in [0.15, 0.2) is 5.78 Å². The molecule has 14 heavy (non-hydrogen) atoms. The van der Waals surface area contributed by atoms with Gasteiger partial charge in [-0.25, -0.2) is 0 Å². The van der Waals surface area contributed by atoms with Gasteiger partial charge in [-0.05, 0) is 47.3 Å². The number of ketones is 1. The van der Waals surface area contributed by atoms with Crippen LogP contribution in [0.3, 0.4) is 0 Å². The van der Waals surface area contributed by atoms with E-state index in [-0.39, 0.29) is 5.78 Å². The molecule has 2 nitrogen and oxygen atoms in total. The molecule has 2 N–H and O–H groups in total. The summed E-state index contributed by atoms with van der Waals surface area (Å²) in [4.78, 5) is 13.9. The highest BCUT2D eigenvalue weighted by Gasteiger charge is 2.23. The molecule has 0 fully saturated rings. The highest BCUT2D eigenvalue weighted by molar-refractivity contribution is 9.10. The molecule has 0 radical (unpaired) electrons. The molecule has 1 aliphatic carbocycles. The van der Waals surface area contributed by atoms with Crippen LogP contribution in [0.5, 0.6) is 0 Å². The highest BCUT2D eigenvalue weighted by Crippen LogP contribution is 2.39. The van der Waals surface area contributed by atoms with E-state index in [1.54, 1.807) is 11.3 Å². The average Bonchev–Trinajstić information content (AvgIpc) is 2.69. The van der Waals surface area contributed by atoms with Crippen LogP contribution in [0.25, 0.3) is 0 Å². The van der Waals surface area contributed by atoms with Gasteiger partial charge in [-0.1, -0.05) is 0 Å². The second kappa shape index (κ2) is 4.13. The number of thiophene rings is 1. The Morgan fingerprint density at radius 3 is 2.93 bits per heavy atom. The van der Waals surface area contributed by atoms with Crippen LogP contribution in [0.1, 0.15) is 33.0 Å². The maximum absolute atomic E-state index is 11.7. The normalized spacial score (nSPS) is 14.4. The van der Waals surface area contributed by atoms with E-state index in [1.807, 2.05) is 0 Å². The molecule has 2 rings (SSSR count). The van der Waals surface area contributed by atoms with Gasteiger partial charge in [0.2, 0.25) is 0 Å². The summed E-state index contributed by atoms with van der Waals surface area (Å²) in [6.07, 6.45) is 3.93. The van der Waals surface area contributed by atoms with Gasteiger partial charge in [-0.3, -0.25) is 4.79 Å². The zero-order chi connectivity index (χ0) is 10.1. The first kappa shape index (κ1) is 10.3. The van der Waals surface area contributed by atoms with Gasteiger partial charge in [-0.15, -0.1) is 11.3 Å². The smallest absolute Gasteiger partial charge is 0.175 e. The minimum atomic E-state index is 0.179. The third-order valence-corrected chi connectivity index (χ3v) is 4.95. The number of carbonyl (C=O) groups is 1. The van der Waals surface area contributed by atoms with E-state index in [4.69, 9.17) is 5.73 Å². The number of aryl methyl sites for hydroxylation is 1. The number of carbonyl (C=O) groups excluding carboxylic acids is 1. The number of Topliss-reactive ketones (excluding diaryl/α,β-unsaturated/α-hetero) is 1. The minimum Gasteiger partial charge on any atom is -0.330 e. The fourth-order valence-electron chi connectivity index (χ4n) is 1.79. The van der Waals surface area contributed by atoms with Crippen molar-refractivity contribution in [3.8, 4) is 0 Å². The molecule has 0 saturated carbocycles. The van der Waals surface area contributed by atoms with Gasteiger partial charge in [0.25, 0.3) is 0 Å². The first-order valence-corrected chi connectivity index (χ1v) is 6.38. The van der Waals surface area contributed by atoms with E-state index < -0.39 is 0 Å². The molecule has 0 atom stereocenters. The summed E-state index contributed by atoms with van der Waals surface area (Å²) in [5, 5.41) is 0. The molecule has 0 amide bonds. The Kier molecular flexibility index (Phi) is 3.04. The molecule has 1 aliphatic rings. The summed E-state index contributed by atoms with van der Waals surface area (Å²) in [7, 11) is 0. The summed E-state index contributed by atoms with van der Waals surface area (Å²) < 4.78 is 1.04. The third-order valence-electron chi connectivity index (χ3n) is 2.48. The molecule has 0 unspecified atom stereocenters. The van der Waals surface area contributed by atoms with Crippen molar-refractivity contribution < 1.29 is 4.79 Å². The topological polar surface area (TPSA) is 43.1 Å². The molecule has 0 spiro atoms. The van der Waals surface area contributed by atoms with Crippen LogP contribution >= 0.6 is 27.3 Å². The van der Waals surface area contributed by atoms with Crippen molar-refractivity contribution >= 4 is 33.0 Å². The number of fused-ring (bicyclic) bond motifs is 1. The van der Waals surface area contributed by atoms with Crippen LogP contribution < -0.4 is 5.73 Å². The second-order valence-corrected chi connectivity index (χ2v) is 5.36. The number of nitrogens with two attached hydrogens (primary N) is 1. The van der Waals surface area contributed by atoms with Gasteiger partial charge in [0.1, 0.15) is 0 Å². The Balaban J connectivity index is 2.32. The van der Waals surface area contributed by atoms with E-state index in [9.17, 15) is 4.79 Å². The monoisotopic (exact) mass is 273 g/mol. The zero-order valence-corrected chi connectivity index (χ0v) is 10.2. The van der Waals surface area contributed by atoms with Crippen LogP contribution in [0, 0.1) is 0 Å². The van der Waals surface area contributed by atoms with Gasteiger partial charge < -0.3 is 5.73 Å². The first-order chi connectivity index (χ1) is 6.74. The first-order valence-electron chi connectivity index (χ1n) is 4.77. The number of halogens is 1. The fraction of sp³-hybridized carbons (Fsp3) is 0.500. The molecule has 76 valence electrons. The predicted molar refractivity (Wildman–Crippen MR) is 62.0 cm³/mol. The maximum Gasteiger partial charge on any atom is 0.175 e. The molecule has 0 aliphatic heterocycles. The maximum atomic E-state index is 11.7. The summed E-state index contributed by atoms with van der Waals surface area (Å²) in [5.74, 6) is 0.179. The van der Waals surface area contributed by atoms with Gasteiger partial charge in [0, 0.05) is 15.8 Å². The van der Waals surface area contributed by atoms with E-state index in [1.165, 1.54) is 16.9 Å². The zero-order valence-electron chi connectivity index (χ0n) is 7.81.